The number of rotatable bonds is 2. The van der Waals surface area contributed by atoms with Crippen molar-refractivity contribution in [3.05, 3.63) is 0 Å². The van der Waals surface area contributed by atoms with Crippen LogP contribution in [-0.4, -0.2) is 17.4 Å². The van der Waals surface area contributed by atoms with Crippen LogP contribution in [0.4, 0.5) is 0 Å². The fourth-order valence-electron chi connectivity index (χ4n) is 0.835. The van der Waals surface area contributed by atoms with Crippen LogP contribution in [0.5, 0.6) is 0 Å². The van der Waals surface area contributed by atoms with Gasteiger partial charge in [-0.3, -0.25) is 9.84 Å². The van der Waals surface area contributed by atoms with E-state index in [1.165, 1.54) is 0 Å². The van der Waals surface area contributed by atoms with Crippen molar-refractivity contribution in [2.45, 2.75) is 18.4 Å². The van der Waals surface area contributed by atoms with Crippen LogP contribution in [0.2, 0.25) is 0 Å². The van der Waals surface area contributed by atoms with Gasteiger partial charge in [-0.15, -0.1) is 11.8 Å². The molecular weight excluding hydrogens is 192 g/mol. The van der Waals surface area contributed by atoms with E-state index in [4.69, 9.17) is 4.52 Å². The van der Waals surface area contributed by atoms with E-state index < -0.39 is 5.06 Å². The Morgan fingerprint density at radius 2 is 2.55 bits per heavy atom. The molecule has 0 amide bonds. The van der Waals surface area contributed by atoms with Crippen molar-refractivity contribution >= 4 is 20.4 Å². The molecule has 0 aliphatic carbocycles. The van der Waals surface area contributed by atoms with Crippen molar-refractivity contribution in [3.8, 4) is 0 Å². The molecule has 1 atom stereocenters. The van der Waals surface area contributed by atoms with Crippen molar-refractivity contribution in [1.82, 2.24) is 5.32 Å². The molecule has 0 saturated carbocycles. The Morgan fingerprint density at radius 3 is 3.00 bits per heavy atom. The average molecular weight is 203 g/mol. The van der Waals surface area contributed by atoms with E-state index in [1.54, 1.807) is 11.8 Å². The maximum atomic E-state index is 10.1. The summed E-state index contributed by atoms with van der Waals surface area (Å²) < 4.78 is 15.0. The Bertz CT molecular complexity index is 137. The molecule has 11 heavy (non-hydrogen) atoms. The second kappa shape index (κ2) is 5.92. The molecule has 0 aromatic rings. The topological polar surface area (TPSA) is 38.3 Å². The maximum Gasteiger partial charge on any atom is 1.00 e. The summed E-state index contributed by atoms with van der Waals surface area (Å²) >= 11 is 1.65. The molecule has 1 N–H and O–H groups in total. The van der Waals surface area contributed by atoms with Gasteiger partial charge in [0.25, 0.3) is 0 Å². The first-order chi connectivity index (χ1) is 4.77. The molecule has 1 rings (SSSR count). The SMILES string of the molecule is CC1(OP=O)NCCCS1.[H-].[Na+]. The summed E-state index contributed by atoms with van der Waals surface area (Å²) in [6, 6.07) is 0. The number of hydrogen-bond donors (Lipinski definition) is 1. The summed E-state index contributed by atoms with van der Waals surface area (Å²) in [5, 5.41) is 2.70. The van der Waals surface area contributed by atoms with E-state index >= 15 is 0 Å². The number of thioether (sulfide) groups is 1. The van der Waals surface area contributed by atoms with E-state index in [2.05, 4.69) is 5.32 Å². The Balaban J connectivity index is 0. The van der Waals surface area contributed by atoms with Crippen molar-refractivity contribution in [1.29, 1.82) is 0 Å². The minimum Gasteiger partial charge on any atom is -1.00 e. The average Bonchev–Trinajstić information content (AvgIpc) is 1.89. The van der Waals surface area contributed by atoms with Crippen molar-refractivity contribution in [2.75, 3.05) is 12.3 Å². The molecule has 1 aliphatic heterocycles. The van der Waals surface area contributed by atoms with Gasteiger partial charge in [0, 0.05) is 0 Å². The first-order valence-corrected chi connectivity index (χ1v) is 4.88. The molecule has 1 saturated heterocycles. The zero-order chi connectivity index (χ0) is 7.45. The van der Waals surface area contributed by atoms with Crippen LogP contribution in [0.3, 0.4) is 0 Å². The predicted octanol–water partition coefficient (Wildman–Crippen LogP) is -1.27. The molecule has 1 unspecified atom stereocenters. The minimum atomic E-state index is -0.429. The number of hydrogen-bond acceptors (Lipinski definition) is 4. The first kappa shape index (κ1) is 12.4. The van der Waals surface area contributed by atoms with E-state index in [-0.39, 0.29) is 39.7 Å². The van der Waals surface area contributed by atoms with Crippen LogP contribution in [0, 0.1) is 0 Å². The summed E-state index contributed by atoms with van der Waals surface area (Å²) in [7, 11) is -0.250. The zero-order valence-electron chi connectivity index (χ0n) is 7.79. The van der Waals surface area contributed by atoms with E-state index in [0.717, 1.165) is 18.7 Å². The van der Waals surface area contributed by atoms with Crippen molar-refractivity contribution in [2.24, 2.45) is 0 Å². The molecule has 1 heterocycles. The van der Waals surface area contributed by atoms with Crippen LogP contribution in [0.15, 0.2) is 0 Å². The monoisotopic (exact) mass is 203 g/mol. The second-order valence-corrected chi connectivity index (χ2v) is 4.05. The molecule has 0 radical (unpaired) electrons. The van der Waals surface area contributed by atoms with Gasteiger partial charge in [-0.05, 0) is 25.6 Å². The van der Waals surface area contributed by atoms with E-state index in [9.17, 15) is 4.57 Å². The van der Waals surface area contributed by atoms with Gasteiger partial charge in [-0.2, -0.15) is 0 Å². The Labute approximate surface area is 96.1 Å². The van der Waals surface area contributed by atoms with Crippen LogP contribution in [0.1, 0.15) is 14.8 Å². The number of nitrogens with one attached hydrogen (secondary N) is 1. The summed E-state index contributed by atoms with van der Waals surface area (Å²) in [5.74, 6) is 1.07. The fraction of sp³-hybridized carbons (Fsp3) is 1.00. The molecule has 3 nitrogen and oxygen atoms in total. The summed E-state index contributed by atoms with van der Waals surface area (Å²) in [6.07, 6.45) is 1.15. The van der Waals surface area contributed by atoms with Gasteiger partial charge in [0.05, 0.1) is 0 Å². The van der Waals surface area contributed by atoms with Crippen molar-refractivity contribution in [3.63, 3.8) is 0 Å². The molecule has 0 aromatic heterocycles. The van der Waals surface area contributed by atoms with Gasteiger partial charge in [0.1, 0.15) is 0 Å². The molecule has 60 valence electrons. The first-order valence-electron chi connectivity index (χ1n) is 3.17. The fourth-order valence-corrected chi connectivity index (χ4v) is 2.23. The van der Waals surface area contributed by atoms with E-state index in [0.29, 0.717) is 0 Å². The summed E-state index contributed by atoms with van der Waals surface area (Å²) in [6.45, 7) is 2.83. The van der Waals surface area contributed by atoms with Gasteiger partial charge >= 0.3 is 38.2 Å². The van der Waals surface area contributed by atoms with Crippen LogP contribution >= 0.6 is 20.4 Å². The Hall–Kier alpha value is 1.37. The Kier molecular flexibility index (Phi) is 6.66. The second-order valence-electron chi connectivity index (χ2n) is 2.24. The quantitative estimate of drug-likeness (QED) is 0.448. The standard InChI is InChI=1S/C5H10NO2PS.Na.H/c1-5(8-9-7)6-3-2-4-10-5;;/h6H,2-4H2,1H3;;/q;+1;-1. The third-order valence-corrected chi connectivity index (χ3v) is 3.19. The molecule has 6 heteroatoms. The maximum absolute atomic E-state index is 10.1. The van der Waals surface area contributed by atoms with Gasteiger partial charge in [-0.1, -0.05) is 0 Å². The van der Waals surface area contributed by atoms with Crippen LogP contribution in [0.25, 0.3) is 0 Å². The smallest absolute Gasteiger partial charge is 1.00 e. The molecule has 0 bridgehead atoms. The van der Waals surface area contributed by atoms with Crippen LogP contribution < -0.4 is 34.9 Å². The van der Waals surface area contributed by atoms with Gasteiger partial charge in [-0.25, -0.2) is 4.57 Å². The van der Waals surface area contributed by atoms with Gasteiger partial charge in [0.2, 0.25) is 0 Å². The minimum absolute atomic E-state index is 0. The molecule has 1 fully saturated rings. The summed E-state index contributed by atoms with van der Waals surface area (Å²) in [5.41, 5.74) is 0. The Morgan fingerprint density at radius 1 is 1.82 bits per heavy atom. The molecule has 0 aromatic carbocycles. The molecule has 0 spiro atoms. The van der Waals surface area contributed by atoms with Gasteiger partial charge in [0.15, 0.2) is 5.06 Å². The third-order valence-electron chi connectivity index (χ3n) is 1.36. The summed E-state index contributed by atoms with van der Waals surface area (Å²) in [4.78, 5) is 0. The third kappa shape index (κ3) is 4.23. The van der Waals surface area contributed by atoms with Gasteiger partial charge < -0.3 is 1.43 Å². The van der Waals surface area contributed by atoms with Crippen LogP contribution in [-0.2, 0) is 9.09 Å². The van der Waals surface area contributed by atoms with E-state index in [1.807, 2.05) is 6.92 Å². The predicted molar refractivity (Wildman–Crippen MR) is 43.3 cm³/mol. The largest absolute Gasteiger partial charge is 1.00 e. The van der Waals surface area contributed by atoms with Crippen molar-refractivity contribution < 1.29 is 40.1 Å². The molecular formula is C5H11NNaO2PS. The normalized spacial score (nSPS) is 31.4. The molecule has 1 aliphatic rings. The zero-order valence-corrected chi connectivity index (χ0v) is 10.5.